The fourth-order valence-corrected chi connectivity index (χ4v) is 3.60. The number of benzene rings is 1. The van der Waals surface area contributed by atoms with Crippen LogP contribution in [0.1, 0.15) is 5.56 Å². The number of aromatic nitrogens is 2. The molecule has 2 aromatic heterocycles. The molecule has 0 atom stereocenters. The van der Waals surface area contributed by atoms with Crippen molar-refractivity contribution in [2.24, 2.45) is 0 Å². The molecular weight excluding hydrogens is 374 g/mol. The number of anilines is 2. The van der Waals surface area contributed by atoms with Gasteiger partial charge in [0.05, 0.1) is 13.2 Å². The number of morpholine rings is 1. The lowest BCUT2D eigenvalue weighted by Crippen LogP contribution is -2.36. The Morgan fingerprint density at radius 2 is 1.93 bits per heavy atom. The fraction of sp³-hybridized carbons (Fsp3) is 0.250. The second-order valence-electron chi connectivity index (χ2n) is 6.34. The highest BCUT2D eigenvalue weighted by atomic mass is 32.1. The van der Waals surface area contributed by atoms with Crippen molar-refractivity contribution < 1.29 is 9.53 Å². The van der Waals surface area contributed by atoms with Crippen LogP contribution in [-0.4, -0.2) is 42.3 Å². The molecule has 3 heterocycles. The Morgan fingerprint density at radius 1 is 1.11 bits per heavy atom. The van der Waals surface area contributed by atoms with Gasteiger partial charge in [0.15, 0.2) is 0 Å². The van der Waals surface area contributed by atoms with E-state index in [2.05, 4.69) is 25.5 Å². The van der Waals surface area contributed by atoms with Crippen LogP contribution in [-0.2, 0) is 11.3 Å². The summed E-state index contributed by atoms with van der Waals surface area (Å²) in [6.07, 6.45) is 3.56. The topological polar surface area (TPSA) is 79.4 Å². The van der Waals surface area contributed by atoms with Crippen molar-refractivity contribution in [3.05, 3.63) is 59.7 Å². The highest BCUT2D eigenvalue weighted by Gasteiger charge is 2.12. The Bertz CT molecular complexity index is 909. The van der Waals surface area contributed by atoms with E-state index in [1.165, 1.54) is 0 Å². The lowest BCUT2D eigenvalue weighted by Gasteiger charge is -2.28. The molecule has 0 unspecified atom stereocenters. The summed E-state index contributed by atoms with van der Waals surface area (Å²) < 4.78 is 5.38. The predicted octanol–water partition coefficient (Wildman–Crippen LogP) is 3.36. The van der Waals surface area contributed by atoms with Crippen LogP contribution in [0, 0.1) is 0 Å². The van der Waals surface area contributed by atoms with Gasteiger partial charge in [-0.05, 0) is 42.0 Å². The van der Waals surface area contributed by atoms with Gasteiger partial charge < -0.3 is 20.3 Å². The zero-order chi connectivity index (χ0) is 19.2. The molecule has 7 nitrogen and oxygen atoms in total. The molecule has 0 bridgehead atoms. The molecule has 0 aliphatic carbocycles. The number of hydrogen-bond acceptors (Lipinski definition) is 6. The van der Waals surface area contributed by atoms with Crippen molar-refractivity contribution in [3.8, 4) is 10.6 Å². The van der Waals surface area contributed by atoms with Gasteiger partial charge in [0.25, 0.3) is 0 Å². The molecule has 144 valence electrons. The van der Waals surface area contributed by atoms with E-state index in [0.29, 0.717) is 19.8 Å². The molecule has 28 heavy (non-hydrogen) atoms. The van der Waals surface area contributed by atoms with Gasteiger partial charge in [0.2, 0.25) is 0 Å². The number of carbonyl (C=O) groups is 1. The summed E-state index contributed by atoms with van der Waals surface area (Å²) in [5, 5.41) is 8.65. The molecule has 1 saturated heterocycles. The van der Waals surface area contributed by atoms with Gasteiger partial charge in [0, 0.05) is 48.7 Å². The molecule has 0 radical (unpaired) electrons. The number of urea groups is 1. The zero-order valence-corrected chi connectivity index (χ0v) is 16.1. The van der Waals surface area contributed by atoms with Crippen LogP contribution in [0.5, 0.6) is 0 Å². The maximum atomic E-state index is 12.2. The van der Waals surface area contributed by atoms with Gasteiger partial charge in [-0.2, -0.15) is 0 Å². The Labute approximate surface area is 167 Å². The Hall–Kier alpha value is -2.97. The molecule has 3 aromatic rings. The second kappa shape index (κ2) is 8.81. The molecule has 2 amide bonds. The predicted molar refractivity (Wildman–Crippen MR) is 111 cm³/mol. The summed E-state index contributed by atoms with van der Waals surface area (Å²) in [4.78, 5) is 23.1. The first kappa shape index (κ1) is 18.4. The minimum Gasteiger partial charge on any atom is -0.378 e. The van der Waals surface area contributed by atoms with Gasteiger partial charge >= 0.3 is 6.03 Å². The number of ether oxygens (including phenoxy) is 1. The lowest BCUT2D eigenvalue weighted by atomic mass is 10.2. The standard InChI is InChI=1S/C20H21N5O2S/c26-20(24-17-3-1-16(2-4-17)19-22-7-12-28-19)23-14-15-5-6-21-18(13-15)25-8-10-27-11-9-25/h1-7,12-13H,8-11,14H2,(H2,23,24,26). The average Bonchev–Trinajstić information content (AvgIpc) is 3.29. The smallest absolute Gasteiger partial charge is 0.319 e. The quantitative estimate of drug-likeness (QED) is 0.693. The number of thiazole rings is 1. The Kier molecular flexibility index (Phi) is 5.79. The third-order valence-corrected chi connectivity index (χ3v) is 5.24. The zero-order valence-electron chi connectivity index (χ0n) is 15.3. The summed E-state index contributed by atoms with van der Waals surface area (Å²) in [6.45, 7) is 3.54. The van der Waals surface area contributed by atoms with Crippen molar-refractivity contribution in [1.82, 2.24) is 15.3 Å². The van der Waals surface area contributed by atoms with Crippen LogP contribution in [0.3, 0.4) is 0 Å². The summed E-state index contributed by atoms with van der Waals surface area (Å²) in [6, 6.07) is 11.3. The minimum atomic E-state index is -0.244. The van der Waals surface area contributed by atoms with Gasteiger partial charge in [-0.25, -0.2) is 14.8 Å². The fourth-order valence-electron chi connectivity index (χ4n) is 2.96. The van der Waals surface area contributed by atoms with Gasteiger partial charge in [-0.1, -0.05) is 0 Å². The maximum Gasteiger partial charge on any atom is 0.319 e. The third-order valence-electron chi connectivity index (χ3n) is 4.42. The molecule has 1 aliphatic heterocycles. The van der Waals surface area contributed by atoms with Gasteiger partial charge in [-0.15, -0.1) is 11.3 Å². The molecule has 1 aliphatic rings. The average molecular weight is 395 g/mol. The number of amides is 2. The number of nitrogens with zero attached hydrogens (tertiary/aromatic N) is 3. The number of rotatable bonds is 5. The van der Waals surface area contributed by atoms with E-state index in [1.54, 1.807) is 23.7 Å². The van der Waals surface area contributed by atoms with Crippen LogP contribution in [0.15, 0.2) is 54.2 Å². The first-order valence-electron chi connectivity index (χ1n) is 9.10. The number of carbonyl (C=O) groups excluding carboxylic acids is 1. The van der Waals surface area contributed by atoms with Crippen LogP contribution in [0.2, 0.25) is 0 Å². The molecule has 1 aromatic carbocycles. The normalized spacial score (nSPS) is 13.9. The van der Waals surface area contributed by atoms with Crippen LogP contribution in [0.4, 0.5) is 16.3 Å². The first-order valence-corrected chi connectivity index (χ1v) is 9.98. The number of hydrogen-bond donors (Lipinski definition) is 2. The lowest BCUT2D eigenvalue weighted by molar-refractivity contribution is 0.122. The van der Waals surface area contributed by atoms with Crippen molar-refractivity contribution >= 4 is 28.9 Å². The molecule has 0 spiro atoms. The Balaban J connectivity index is 1.31. The molecular formula is C20H21N5O2S. The summed E-state index contributed by atoms with van der Waals surface area (Å²) in [5.74, 6) is 0.917. The van der Waals surface area contributed by atoms with E-state index in [9.17, 15) is 4.79 Å². The number of pyridine rings is 1. The molecule has 4 rings (SSSR count). The Morgan fingerprint density at radius 3 is 2.68 bits per heavy atom. The van der Waals surface area contributed by atoms with Crippen molar-refractivity contribution in [2.45, 2.75) is 6.54 Å². The second-order valence-corrected chi connectivity index (χ2v) is 7.24. The monoisotopic (exact) mass is 395 g/mol. The van der Waals surface area contributed by atoms with E-state index < -0.39 is 0 Å². The van der Waals surface area contributed by atoms with Crippen molar-refractivity contribution in [1.29, 1.82) is 0 Å². The minimum absolute atomic E-state index is 0.244. The molecule has 8 heteroatoms. The maximum absolute atomic E-state index is 12.2. The van der Waals surface area contributed by atoms with Gasteiger partial charge in [0.1, 0.15) is 10.8 Å². The summed E-state index contributed by atoms with van der Waals surface area (Å²) in [7, 11) is 0. The number of nitrogens with one attached hydrogen (secondary N) is 2. The first-order chi connectivity index (χ1) is 13.8. The van der Waals surface area contributed by atoms with E-state index in [1.807, 2.05) is 41.8 Å². The third kappa shape index (κ3) is 4.65. The largest absolute Gasteiger partial charge is 0.378 e. The summed E-state index contributed by atoms with van der Waals surface area (Å²) >= 11 is 1.59. The SMILES string of the molecule is O=C(NCc1ccnc(N2CCOCC2)c1)Nc1ccc(-c2nccs2)cc1. The van der Waals surface area contributed by atoms with Crippen LogP contribution < -0.4 is 15.5 Å². The highest BCUT2D eigenvalue weighted by molar-refractivity contribution is 7.13. The van der Waals surface area contributed by atoms with E-state index >= 15 is 0 Å². The van der Waals surface area contributed by atoms with Gasteiger partial charge in [-0.3, -0.25) is 0 Å². The van der Waals surface area contributed by atoms with Crippen molar-refractivity contribution in [2.75, 3.05) is 36.5 Å². The van der Waals surface area contributed by atoms with Crippen LogP contribution in [0.25, 0.3) is 10.6 Å². The molecule has 1 fully saturated rings. The summed E-state index contributed by atoms with van der Waals surface area (Å²) in [5.41, 5.74) is 2.78. The highest BCUT2D eigenvalue weighted by Crippen LogP contribution is 2.23. The van der Waals surface area contributed by atoms with E-state index in [4.69, 9.17) is 4.74 Å². The van der Waals surface area contributed by atoms with E-state index in [-0.39, 0.29) is 6.03 Å². The van der Waals surface area contributed by atoms with Crippen LogP contribution >= 0.6 is 11.3 Å². The molecule has 2 N–H and O–H groups in total. The van der Waals surface area contributed by atoms with E-state index in [0.717, 1.165) is 40.7 Å². The molecule has 0 saturated carbocycles. The van der Waals surface area contributed by atoms with Crippen molar-refractivity contribution in [3.63, 3.8) is 0 Å².